The topological polar surface area (TPSA) is 64.3 Å². The molecule has 1 heterocycles. The van der Waals surface area contributed by atoms with Crippen LogP contribution in [0.2, 0.25) is 0 Å². The molecule has 4 nitrogen and oxygen atoms in total. The lowest BCUT2D eigenvalue weighted by molar-refractivity contribution is -0.132. The normalized spacial score (nSPS) is 29.9. The van der Waals surface area contributed by atoms with Crippen molar-refractivity contribution in [2.45, 2.75) is 44.2 Å². The highest BCUT2D eigenvalue weighted by molar-refractivity contribution is 5.81. The van der Waals surface area contributed by atoms with E-state index in [0.717, 1.165) is 12.8 Å². The molecule has 1 saturated heterocycles. The Morgan fingerprint density at radius 2 is 2.27 bits per heavy atom. The standard InChI is InChI=1S/C11H20N2O2/c1-11(7-12,8-4-5-8)13-10(14)9-3-2-6-15-9/h8-9H,2-7,12H2,1H3,(H,13,14)/t9-,11?/m0/s1. The molecule has 2 aliphatic rings. The Morgan fingerprint density at radius 3 is 2.73 bits per heavy atom. The van der Waals surface area contributed by atoms with Crippen LogP contribution < -0.4 is 11.1 Å². The number of nitrogens with two attached hydrogens (primary N) is 1. The number of nitrogens with one attached hydrogen (secondary N) is 1. The molecule has 0 aromatic rings. The molecule has 86 valence electrons. The summed E-state index contributed by atoms with van der Waals surface area (Å²) in [7, 11) is 0. The van der Waals surface area contributed by atoms with E-state index in [-0.39, 0.29) is 17.6 Å². The van der Waals surface area contributed by atoms with Gasteiger partial charge in [-0.25, -0.2) is 0 Å². The summed E-state index contributed by atoms with van der Waals surface area (Å²) < 4.78 is 5.35. The van der Waals surface area contributed by atoms with Crippen molar-refractivity contribution < 1.29 is 9.53 Å². The van der Waals surface area contributed by atoms with Gasteiger partial charge in [0.25, 0.3) is 0 Å². The zero-order chi connectivity index (χ0) is 10.9. The summed E-state index contributed by atoms with van der Waals surface area (Å²) in [4.78, 5) is 11.9. The van der Waals surface area contributed by atoms with E-state index < -0.39 is 0 Å². The van der Waals surface area contributed by atoms with Crippen LogP contribution in [0, 0.1) is 5.92 Å². The molecule has 2 atom stereocenters. The predicted octanol–water partition coefficient (Wildman–Crippen LogP) is 0.409. The third-order valence-corrected chi connectivity index (χ3v) is 3.53. The van der Waals surface area contributed by atoms with Crippen LogP contribution in [0.25, 0.3) is 0 Å². The van der Waals surface area contributed by atoms with Gasteiger partial charge < -0.3 is 15.8 Å². The van der Waals surface area contributed by atoms with Crippen LogP contribution in [0.4, 0.5) is 0 Å². The molecular formula is C11H20N2O2. The third kappa shape index (κ3) is 2.32. The Hall–Kier alpha value is -0.610. The molecule has 3 N–H and O–H groups in total. The molecule has 2 fully saturated rings. The SMILES string of the molecule is CC(CN)(NC(=O)[C@@H]1CCCO1)C1CC1. The van der Waals surface area contributed by atoms with Crippen LogP contribution in [-0.4, -0.2) is 30.7 Å². The molecule has 1 unspecified atom stereocenters. The van der Waals surface area contributed by atoms with Crippen molar-refractivity contribution in [1.82, 2.24) is 5.32 Å². The summed E-state index contributed by atoms with van der Waals surface area (Å²) in [6, 6.07) is 0. The Labute approximate surface area is 90.5 Å². The summed E-state index contributed by atoms with van der Waals surface area (Å²) in [6.07, 6.45) is 3.95. The van der Waals surface area contributed by atoms with Crippen molar-refractivity contribution in [2.75, 3.05) is 13.2 Å². The lowest BCUT2D eigenvalue weighted by Crippen LogP contribution is -2.55. The first-order valence-corrected chi connectivity index (χ1v) is 5.79. The summed E-state index contributed by atoms with van der Waals surface area (Å²) in [6.45, 7) is 3.26. The second-order valence-electron chi connectivity index (χ2n) is 4.89. The maximum atomic E-state index is 11.9. The fourth-order valence-corrected chi connectivity index (χ4v) is 2.19. The van der Waals surface area contributed by atoms with Gasteiger partial charge in [0, 0.05) is 13.2 Å². The first-order valence-electron chi connectivity index (χ1n) is 5.79. The molecule has 4 heteroatoms. The zero-order valence-electron chi connectivity index (χ0n) is 9.29. The highest BCUT2D eigenvalue weighted by Crippen LogP contribution is 2.39. The molecule has 1 saturated carbocycles. The highest BCUT2D eigenvalue weighted by atomic mass is 16.5. The van der Waals surface area contributed by atoms with Gasteiger partial charge in [-0.15, -0.1) is 0 Å². The number of ether oxygens (including phenoxy) is 1. The Bertz CT molecular complexity index is 247. The Balaban J connectivity index is 1.90. The maximum Gasteiger partial charge on any atom is 0.249 e. The monoisotopic (exact) mass is 212 g/mol. The van der Waals surface area contributed by atoms with Gasteiger partial charge in [-0.1, -0.05) is 0 Å². The van der Waals surface area contributed by atoms with Gasteiger partial charge in [0.05, 0.1) is 5.54 Å². The largest absolute Gasteiger partial charge is 0.368 e. The average Bonchev–Trinajstić information content (AvgIpc) is 2.94. The smallest absolute Gasteiger partial charge is 0.249 e. The molecule has 2 rings (SSSR count). The molecule has 1 aliphatic heterocycles. The molecule has 0 radical (unpaired) electrons. The van der Waals surface area contributed by atoms with Crippen LogP contribution in [0.1, 0.15) is 32.6 Å². The summed E-state index contributed by atoms with van der Waals surface area (Å²) in [5.74, 6) is 0.584. The van der Waals surface area contributed by atoms with Crippen LogP contribution in [0.15, 0.2) is 0 Å². The molecular weight excluding hydrogens is 192 g/mol. The summed E-state index contributed by atoms with van der Waals surface area (Å²) in [5.41, 5.74) is 5.52. The van der Waals surface area contributed by atoms with Gasteiger partial charge in [-0.2, -0.15) is 0 Å². The van der Waals surface area contributed by atoms with Crippen LogP contribution >= 0.6 is 0 Å². The van der Waals surface area contributed by atoms with Crippen molar-refractivity contribution in [1.29, 1.82) is 0 Å². The number of amides is 1. The van der Waals surface area contributed by atoms with E-state index in [0.29, 0.717) is 19.1 Å². The van der Waals surface area contributed by atoms with Crippen LogP contribution in [-0.2, 0) is 9.53 Å². The van der Waals surface area contributed by atoms with Gasteiger partial charge in [-0.3, -0.25) is 4.79 Å². The van der Waals surface area contributed by atoms with E-state index >= 15 is 0 Å². The first kappa shape index (κ1) is 10.9. The van der Waals surface area contributed by atoms with Crippen molar-refractivity contribution in [3.63, 3.8) is 0 Å². The van der Waals surface area contributed by atoms with E-state index in [1.54, 1.807) is 0 Å². The van der Waals surface area contributed by atoms with Gasteiger partial charge in [-0.05, 0) is 38.5 Å². The van der Waals surface area contributed by atoms with Gasteiger partial charge >= 0.3 is 0 Å². The third-order valence-electron chi connectivity index (χ3n) is 3.53. The summed E-state index contributed by atoms with van der Waals surface area (Å²) in [5, 5.41) is 3.06. The van der Waals surface area contributed by atoms with Crippen molar-refractivity contribution >= 4 is 5.91 Å². The molecule has 0 aromatic carbocycles. The molecule has 0 aromatic heterocycles. The van der Waals surface area contributed by atoms with Gasteiger partial charge in [0.2, 0.25) is 5.91 Å². The van der Waals surface area contributed by atoms with E-state index in [1.165, 1.54) is 12.8 Å². The van der Waals surface area contributed by atoms with E-state index in [9.17, 15) is 4.79 Å². The minimum atomic E-state index is -0.241. The van der Waals surface area contributed by atoms with Crippen molar-refractivity contribution in [2.24, 2.45) is 11.7 Å². The van der Waals surface area contributed by atoms with E-state index in [2.05, 4.69) is 5.32 Å². The number of hydrogen-bond donors (Lipinski definition) is 2. The average molecular weight is 212 g/mol. The molecule has 0 bridgehead atoms. The van der Waals surface area contributed by atoms with Crippen molar-refractivity contribution in [3.05, 3.63) is 0 Å². The van der Waals surface area contributed by atoms with Crippen LogP contribution in [0.5, 0.6) is 0 Å². The first-order chi connectivity index (χ1) is 7.15. The molecule has 0 spiro atoms. The van der Waals surface area contributed by atoms with Crippen molar-refractivity contribution in [3.8, 4) is 0 Å². The number of carbonyl (C=O) groups excluding carboxylic acids is 1. The number of rotatable bonds is 4. The minimum absolute atomic E-state index is 0.0207. The van der Waals surface area contributed by atoms with E-state index in [1.807, 2.05) is 6.92 Å². The van der Waals surface area contributed by atoms with Crippen LogP contribution in [0.3, 0.4) is 0 Å². The zero-order valence-corrected chi connectivity index (χ0v) is 9.29. The fourth-order valence-electron chi connectivity index (χ4n) is 2.19. The Kier molecular flexibility index (Phi) is 2.98. The molecule has 15 heavy (non-hydrogen) atoms. The molecule has 1 amide bonds. The summed E-state index contributed by atoms with van der Waals surface area (Å²) >= 11 is 0. The highest BCUT2D eigenvalue weighted by Gasteiger charge is 2.42. The number of hydrogen-bond acceptors (Lipinski definition) is 3. The lowest BCUT2D eigenvalue weighted by Gasteiger charge is -2.30. The Morgan fingerprint density at radius 1 is 1.53 bits per heavy atom. The predicted molar refractivity (Wildman–Crippen MR) is 57.3 cm³/mol. The second-order valence-corrected chi connectivity index (χ2v) is 4.89. The van der Waals surface area contributed by atoms with Gasteiger partial charge in [0.1, 0.15) is 6.10 Å². The maximum absolute atomic E-state index is 11.9. The second kappa shape index (κ2) is 4.10. The quantitative estimate of drug-likeness (QED) is 0.709. The lowest BCUT2D eigenvalue weighted by atomic mass is 9.95. The minimum Gasteiger partial charge on any atom is -0.368 e. The van der Waals surface area contributed by atoms with Gasteiger partial charge in [0.15, 0.2) is 0 Å². The number of carbonyl (C=O) groups is 1. The molecule has 1 aliphatic carbocycles. The fraction of sp³-hybridized carbons (Fsp3) is 0.909. The van der Waals surface area contributed by atoms with E-state index in [4.69, 9.17) is 10.5 Å².